The molecule has 3 heterocycles. The number of hydrogen-bond acceptors (Lipinski definition) is 3. The molecule has 3 nitrogen and oxygen atoms in total. The van der Waals surface area contributed by atoms with Gasteiger partial charge in [0, 0.05) is 38.3 Å². The summed E-state index contributed by atoms with van der Waals surface area (Å²) in [4.78, 5) is 5.18. The molecular formula is C30H30F2N2O. The van der Waals surface area contributed by atoms with Gasteiger partial charge in [0.2, 0.25) is 0 Å². The number of fused-ring (bicyclic) bond motifs is 3. The van der Waals surface area contributed by atoms with Crippen LogP contribution in [-0.2, 0) is 11.2 Å². The van der Waals surface area contributed by atoms with E-state index in [1.54, 1.807) is 24.3 Å². The van der Waals surface area contributed by atoms with E-state index in [1.807, 2.05) is 0 Å². The number of hydrogen-bond donors (Lipinski definition) is 0. The highest BCUT2D eigenvalue weighted by Crippen LogP contribution is 2.35. The maximum absolute atomic E-state index is 13.5. The number of piperidine rings is 1. The van der Waals surface area contributed by atoms with Crippen LogP contribution in [0.3, 0.4) is 0 Å². The van der Waals surface area contributed by atoms with Crippen LogP contribution < -0.4 is 0 Å². The molecule has 2 unspecified atom stereocenters. The lowest BCUT2D eigenvalue weighted by Gasteiger charge is -2.56. The van der Waals surface area contributed by atoms with Gasteiger partial charge in [0.1, 0.15) is 17.7 Å². The second kappa shape index (κ2) is 9.65. The van der Waals surface area contributed by atoms with Gasteiger partial charge in [-0.05, 0) is 59.4 Å². The average Bonchev–Trinajstić information content (AvgIpc) is 3.30. The molecule has 5 heteroatoms. The standard InChI is InChI=1S/C30H30F2N2O/c31-26-9-5-22(6-10-26)30(23-7-11-27(32)12-8-23)35-14-13-33-19-28-17-29(20-33)34(28)18-21-15-24-3-1-2-4-25(24)16-21/h1-12,15,28-30H,13-14,16-20H2. The van der Waals surface area contributed by atoms with Gasteiger partial charge in [-0.15, -0.1) is 0 Å². The predicted octanol–water partition coefficient (Wildman–Crippen LogP) is 5.47. The van der Waals surface area contributed by atoms with Gasteiger partial charge in [0.15, 0.2) is 0 Å². The van der Waals surface area contributed by atoms with E-state index in [2.05, 4.69) is 40.1 Å². The Kier molecular flexibility index (Phi) is 6.23. The summed E-state index contributed by atoms with van der Waals surface area (Å²) in [5, 5.41) is 0. The molecule has 4 aliphatic rings. The summed E-state index contributed by atoms with van der Waals surface area (Å²) in [6.07, 6.45) is 4.39. The van der Waals surface area contributed by atoms with Crippen LogP contribution in [0.1, 0.15) is 34.8 Å². The summed E-state index contributed by atoms with van der Waals surface area (Å²) < 4.78 is 33.2. The minimum absolute atomic E-state index is 0.277. The lowest BCUT2D eigenvalue weighted by Crippen LogP contribution is -2.69. The number of halogens is 2. The van der Waals surface area contributed by atoms with Gasteiger partial charge in [-0.25, -0.2) is 8.78 Å². The molecule has 7 rings (SSSR count). The predicted molar refractivity (Wildman–Crippen MR) is 134 cm³/mol. The zero-order chi connectivity index (χ0) is 23.8. The fourth-order valence-corrected chi connectivity index (χ4v) is 5.86. The largest absolute Gasteiger partial charge is 0.367 e. The van der Waals surface area contributed by atoms with E-state index in [4.69, 9.17) is 4.74 Å². The molecule has 0 N–H and O–H groups in total. The van der Waals surface area contributed by atoms with E-state index in [1.165, 1.54) is 47.4 Å². The van der Waals surface area contributed by atoms with Gasteiger partial charge >= 0.3 is 0 Å². The van der Waals surface area contributed by atoms with Crippen molar-refractivity contribution in [1.82, 2.24) is 9.80 Å². The SMILES string of the molecule is Fc1ccc(C(OCCN2CC3CC(C2)N3CC2=Cc3ccccc3C2)c2ccc(F)cc2)cc1. The zero-order valence-corrected chi connectivity index (χ0v) is 19.7. The molecule has 0 spiro atoms. The first-order chi connectivity index (χ1) is 17.1. The Morgan fingerprint density at radius 2 is 1.46 bits per heavy atom. The van der Waals surface area contributed by atoms with Gasteiger partial charge in [-0.3, -0.25) is 9.80 Å². The minimum atomic E-state index is -0.344. The second-order valence-corrected chi connectivity index (χ2v) is 10.0. The molecule has 1 aliphatic carbocycles. The van der Waals surface area contributed by atoms with Gasteiger partial charge in [-0.2, -0.15) is 0 Å². The highest BCUT2D eigenvalue weighted by molar-refractivity contribution is 5.64. The molecule has 2 atom stereocenters. The van der Waals surface area contributed by atoms with Gasteiger partial charge in [0.05, 0.1) is 6.61 Å². The Balaban J connectivity index is 1.03. The second-order valence-electron chi connectivity index (χ2n) is 10.0. The average molecular weight is 473 g/mol. The van der Waals surface area contributed by atoms with E-state index in [0.29, 0.717) is 18.7 Å². The molecule has 0 amide bonds. The molecular weight excluding hydrogens is 442 g/mol. The quantitative estimate of drug-likeness (QED) is 0.433. The van der Waals surface area contributed by atoms with Crippen LogP contribution in [0.2, 0.25) is 0 Å². The Bertz CT molecular complexity index is 1150. The first kappa shape index (κ1) is 22.6. The molecule has 0 radical (unpaired) electrons. The van der Waals surface area contributed by atoms with E-state index in [-0.39, 0.29) is 17.7 Å². The summed E-state index contributed by atoms with van der Waals surface area (Å²) in [6.45, 7) is 4.63. The molecule has 3 aliphatic heterocycles. The number of nitrogens with zero attached hydrogens (tertiary/aromatic N) is 2. The van der Waals surface area contributed by atoms with Gasteiger partial charge in [0.25, 0.3) is 0 Å². The fraction of sp³-hybridized carbons (Fsp3) is 0.333. The van der Waals surface area contributed by atoms with Crippen molar-refractivity contribution in [2.24, 2.45) is 0 Å². The first-order valence-corrected chi connectivity index (χ1v) is 12.5. The lowest BCUT2D eigenvalue weighted by atomic mass is 9.86. The molecule has 3 saturated heterocycles. The first-order valence-electron chi connectivity index (χ1n) is 12.5. The van der Waals surface area contributed by atoms with E-state index in [9.17, 15) is 8.78 Å². The van der Waals surface area contributed by atoms with Crippen LogP contribution in [0, 0.1) is 11.6 Å². The highest BCUT2D eigenvalue weighted by atomic mass is 19.1. The number of rotatable bonds is 8. The molecule has 0 saturated carbocycles. The summed E-state index contributed by atoms with van der Waals surface area (Å²) in [7, 11) is 0. The topological polar surface area (TPSA) is 15.7 Å². The highest BCUT2D eigenvalue weighted by Gasteiger charge is 2.44. The van der Waals surface area contributed by atoms with Crippen molar-refractivity contribution in [1.29, 1.82) is 0 Å². The third-order valence-electron chi connectivity index (χ3n) is 7.68. The zero-order valence-electron chi connectivity index (χ0n) is 19.7. The van der Waals surface area contributed by atoms with Crippen LogP contribution in [0.4, 0.5) is 8.78 Å². The van der Waals surface area contributed by atoms with E-state index in [0.717, 1.165) is 43.7 Å². The molecule has 0 aromatic heterocycles. The summed E-state index contributed by atoms with van der Waals surface area (Å²) in [6, 6.07) is 22.7. The van der Waals surface area contributed by atoms with Gasteiger partial charge in [-0.1, -0.05) is 60.2 Å². The Hall–Kier alpha value is -2.86. The smallest absolute Gasteiger partial charge is 0.123 e. The van der Waals surface area contributed by atoms with Crippen molar-refractivity contribution in [2.45, 2.75) is 31.0 Å². The van der Waals surface area contributed by atoms with E-state index >= 15 is 0 Å². The maximum Gasteiger partial charge on any atom is 0.123 e. The van der Waals surface area contributed by atoms with Crippen LogP contribution >= 0.6 is 0 Å². The van der Waals surface area contributed by atoms with Crippen molar-refractivity contribution < 1.29 is 13.5 Å². The third-order valence-corrected chi connectivity index (χ3v) is 7.68. The van der Waals surface area contributed by atoms with E-state index < -0.39 is 0 Å². The van der Waals surface area contributed by atoms with Crippen LogP contribution in [0.15, 0.2) is 78.4 Å². The summed E-state index contributed by atoms with van der Waals surface area (Å²) in [5.74, 6) is -0.554. The van der Waals surface area contributed by atoms with Crippen molar-refractivity contribution in [3.05, 3.63) is 112 Å². The minimum Gasteiger partial charge on any atom is -0.367 e. The van der Waals surface area contributed by atoms with Crippen molar-refractivity contribution >= 4 is 6.08 Å². The van der Waals surface area contributed by atoms with Crippen LogP contribution in [0.5, 0.6) is 0 Å². The van der Waals surface area contributed by atoms with Crippen molar-refractivity contribution in [3.63, 3.8) is 0 Å². The molecule has 3 fully saturated rings. The lowest BCUT2D eigenvalue weighted by molar-refractivity contribution is -0.0708. The third kappa shape index (κ3) is 4.81. The molecule has 35 heavy (non-hydrogen) atoms. The van der Waals surface area contributed by atoms with Crippen molar-refractivity contribution in [3.8, 4) is 0 Å². The summed E-state index contributed by atoms with van der Waals surface area (Å²) >= 11 is 0. The summed E-state index contributed by atoms with van der Waals surface area (Å²) in [5.41, 5.74) is 6.10. The van der Waals surface area contributed by atoms with Gasteiger partial charge < -0.3 is 4.74 Å². The van der Waals surface area contributed by atoms with Crippen molar-refractivity contribution in [2.75, 3.05) is 32.8 Å². The monoisotopic (exact) mass is 472 g/mol. The maximum atomic E-state index is 13.5. The number of piperazine rings is 1. The van der Waals surface area contributed by atoms with Crippen LogP contribution in [0.25, 0.3) is 6.08 Å². The fourth-order valence-electron chi connectivity index (χ4n) is 5.86. The molecule has 3 aromatic carbocycles. The molecule has 180 valence electrons. The number of benzene rings is 3. The Morgan fingerprint density at radius 1 is 0.829 bits per heavy atom. The van der Waals surface area contributed by atoms with Crippen LogP contribution in [-0.4, -0.2) is 54.7 Å². The molecule has 3 aromatic rings. The normalized spacial score (nSPS) is 21.6. The Labute approximate surface area is 205 Å². The molecule has 2 bridgehead atoms. The number of ether oxygens (including phenoxy) is 1. The Morgan fingerprint density at radius 3 is 2.09 bits per heavy atom.